The molecular weight excluding hydrogens is 487 g/mol. The summed E-state index contributed by atoms with van der Waals surface area (Å²) in [4.78, 5) is 29.0. The molecule has 1 aromatic carbocycles. The van der Waals surface area contributed by atoms with Crippen LogP contribution in [0.15, 0.2) is 40.0 Å². The van der Waals surface area contributed by atoms with Crippen molar-refractivity contribution < 1.29 is 4.79 Å². The van der Waals surface area contributed by atoms with E-state index in [0.29, 0.717) is 18.8 Å². The smallest absolute Gasteiger partial charge is 0.230 e. The van der Waals surface area contributed by atoms with Gasteiger partial charge < -0.3 is 10.2 Å². The van der Waals surface area contributed by atoms with Crippen LogP contribution < -0.4 is 10.2 Å². The molecule has 1 amide bonds. The standard InChI is InChI=1S/C23H27N7OS3/c1-2-32-22-27-20(29-11-6-3-7-12-29)16-14-25-30(21(16)28-22)13-10-24-19(31)15-33-23-26-17-8-4-5-9-18(17)34-23/h4-5,8-9,14H,2-3,6-7,10-13,15H2,1H3,(H,24,31). The molecule has 178 valence electrons. The maximum atomic E-state index is 12.4. The Morgan fingerprint density at radius 1 is 1.12 bits per heavy atom. The molecule has 0 radical (unpaired) electrons. The van der Waals surface area contributed by atoms with Gasteiger partial charge in [0, 0.05) is 19.6 Å². The molecule has 1 saturated heterocycles. The summed E-state index contributed by atoms with van der Waals surface area (Å²) in [5.41, 5.74) is 1.82. The molecule has 1 fully saturated rings. The average molecular weight is 514 g/mol. The van der Waals surface area contributed by atoms with Crippen molar-refractivity contribution in [3.63, 3.8) is 0 Å². The normalized spacial score (nSPS) is 14.2. The number of anilines is 1. The van der Waals surface area contributed by atoms with Crippen molar-refractivity contribution in [1.29, 1.82) is 0 Å². The molecule has 0 unspecified atom stereocenters. The lowest BCUT2D eigenvalue weighted by Gasteiger charge is -2.28. The lowest BCUT2D eigenvalue weighted by Crippen LogP contribution is -2.30. The van der Waals surface area contributed by atoms with Gasteiger partial charge in [-0.05, 0) is 37.1 Å². The molecule has 4 aromatic rings. The third kappa shape index (κ3) is 5.31. The molecule has 5 rings (SSSR count). The zero-order chi connectivity index (χ0) is 23.3. The van der Waals surface area contributed by atoms with E-state index < -0.39 is 0 Å². The number of piperidine rings is 1. The van der Waals surface area contributed by atoms with E-state index in [9.17, 15) is 4.79 Å². The minimum atomic E-state index is -0.00780. The lowest BCUT2D eigenvalue weighted by molar-refractivity contribution is -0.118. The molecular formula is C23H27N7OS3. The number of para-hydroxylation sites is 1. The second kappa shape index (κ2) is 10.9. The first-order valence-electron chi connectivity index (χ1n) is 11.6. The molecule has 1 N–H and O–H groups in total. The highest BCUT2D eigenvalue weighted by atomic mass is 32.2. The molecule has 34 heavy (non-hydrogen) atoms. The van der Waals surface area contributed by atoms with Crippen LogP contribution in [-0.4, -0.2) is 61.8 Å². The fourth-order valence-electron chi connectivity index (χ4n) is 4.02. The highest BCUT2D eigenvalue weighted by molar-refractivity contribution is 8.01. The summed E-state index contributed by atoms with van der Waals surface area (Å²) in [5, 5.41) is 9.36. The second-order valence-corrected chi connectivity index (χ2v) is 11.5. The van der Waals surface area contributed by atoms with Crippen molar-refractivity contribution in [3.05, 3.63) is 30.5 Å². The molecule has 0 atom stereocenters. The second-order valence-electron chi connectivity index (χ2n) is 8.00. The van der Waals surface area contributed by atoms with Crippen LogP contribution in [0.1, 0.15) is 26.2 Å². The van der Waals surface area contributed by atoms with Gasteiger partial charge in [0.05, 0.1) is 34.1 Å². The molecule has 1 aliphatic rings. The van der Waals surface area contributed by atoms with Crippen LogP contribution in [-0.2, 0) is 11.3 Å². The molecule has 0 aliphatic carbocycles. The Kier molecular flexibility index (Phi) is 7.51. The quantitative estimate of drug-likeness (QED) is 0.259. The average Bonchev–Trinajstić information content (AvgIpc) is 3.47. The summed E-state index contributed by atoms with van der Waals surface area (Å²) < 4.78 is 3.94. The summed E-state index contributed by atoms with van der Waals surface area (Å²) in [6.45, 7) is 5.22. The largest absolute Gasteiger partial charge is 0.356 e. The Morgan fingerprint density at radius 2 is 1.97 bits per heavy atom. The van der Waals surface area contributed by atoms with Crippen molar-refractivity contribution in [1.82, 2.24) is 30.0 Å². The number of fused-ring (bicyclic) bond motifs is 2. The van der Waals surface area contributed by atoms with Gasteiger partial charge in [0.1, 0.15) is 5.82 Å². The van der Waals surface area contributed by atoms with Gasteiger partial charge in [-0.1, -0.05) is 42.6 Å². The van der Waals surface area contributed by atoms with Crippen molar-refractivity contribution in [2.24, 2.45) is 0 Å². The first-order valence-corrected chi connectivity index (χ1v) is 14.4. The molecule has 8 nitrogen and oxygen atoms in total. The van der Waals surface area contributed by atoms with E-state index >= 15 is 0 Å². The minimum Gasteiger partial charge on any atom is -0.356 e. The Hall–Kier alpha value is -2.37. The van der Waals surface area contributed by atoms with Gasteiger partial charge >= 0.3 is 0 Å². The van der Waals surface area contributed by atoms with Gasteiger partial charge in [-0.3, -0.25) is 4.79 Å². The number of amides is 1. The number of nitrogens with zero attached hydrogens (tertiary/aromatic N) is 6. The topological polar surface area (TPSA) is 88.8 Å². The number of rotatable bonds is 9. The van der Waals surface area contributed by atoms with Gasteiger partial charge in [0.2, 0.25) is 5.91 Å². The number of thiazole rings is 1. The predicted molar refractivity (Wildman–Crippen MR) is 141 cm³/mol. The fourth-order valence-corrected chi connectivity index (χ4v) is 6.48. The summed E-state index contributed by atoms with van der Waals surface area (Å²) >= 11 is 4.74. The Balaban J connectivity index is 1.21. The van der Waals surface area contributed by atoms with Gasteiger partial charge in [-0.15, -0.1) is 11.3 Å². The van der Waals surface area contributed by atoms with E-state index in [1.165, 1.54) is 31.0 Å². The van der Waals surface area contributed by atoms with Crippen LogP contribution in [0.25, 0.3) is 21.3 Å². The van der Waals surface area contributed by atoms with Crippen LogP contribution >= 0.6 is 34.9 Å². The van der Waals surface area contributed by atoms with Gasteiger partial charge in [-0.25, -0.2) is 19.6 Å². The van der Waals surface area contributed by atoms with Crippen molar-refractivity contribution in [3.8, 4) is 0 Å². The Morgan fingerprint density at radius 3 is 2.79 bits per heavy atom. The third-order valence-electron chi connectivity index (χ3n) is 5.63. The van der Waals surface area contributed by atoms with Crippen LogP contribution in [0.2, 0.25) is 0 Å². The Bertz CT molecular complexity index is 1250. The van der Waals surface area contributed by atoms with Gasteiger partial charge in [0.15, 0.2) is 15.1 Å². The first-order chi connectivity index (χ1) is 16.7. The summed E-state index contributed by atoms with van der Waals surface area (Å²) in [6, 6.07) is 8.03. The predicted octanol–water partition coefficient (Wildman–Crippen LogP) is 4.45. The SMILES string of the molecule is CCSc1nc(N2CCCCC2)c2cnn(CCNC(=O)CSc3nc4ccccc4s3)c2n1. The van der Waals surface area contributed by atoms with Crippen molar-refractivity contribution in [2.75, 3.05) is 36.0 Å². The summed E-state index contributed by atoms with van der Waals surface area (Å²) in [6.07, 6.45) is 5.52. The van der Waals surface area contributed by atoms with E-state index in [4.69, 9.17) is 9.97 Å². The zero-order valence-electron chi connectivity index (χ0n) is 19.1. The summed E-state index contributed by atoms with van der Waals surface area (Å²) in [7, 11) is 0. The lowest BCUT2D eigenvalue weighted by atomic mass is 10.1. The number of benzene rings is 1. The van der Waals surface area contributed by atoms with Crippen molar-refractivity contribution >= 4 is 67.8 Å². The number of thioether (sulfide) groups is 2. The minimum absolute atomic E-state index is 0.00780. The molecule has 4 heterocycles. The molecule has 11 heteroatoms. The van der Waals surface area contributed by atoms with Crippen LogP contribution in [0.5, 0.6) is 0 Å². The number of nitrogens with one attached hydrogen (secondary N) is 1. The third-order valence-corrected chi connectivity index (χ3v) is 8.54. The highest BCUT2D eigenvalue weighted by Gasteiger charge is 2.20. The number of hydrogen-bond donors (Lipinski definition) is 1. The first kappa shape index (κ1) is 23.4. The number of carbonyl (C=O) groups is 1. The van der Waals surface area contributed by atoms with Gasteiger partial charge in [-0.2, -0.15) is 5.10 Å². The highest BCUT2D eigenvalue weighted by Crippen LogP contribution is 2.30. The molecule has 0 saturated carbocycles. The number of carbonyl (C=O) groups excluding carboxylic acids is 1. The number of aromatic nitrogens is 5. The van der Waals surface area contributed by atoms with Crippen LogP contribution in [0.3, 0.4) is 0 Å². The number of hydrogen-bond acceptors (Lipinski definition) is 9. The van der Waals surface area contributed by atoms with E-state index in [0.717, 1.165) is 55.4 Å². The maximum Gasteiger partial charge on any atom is 0.230 e. The molecule has 0 spiro atoms. The summed E-state index contributed by atoms with van der Waals surface area (Å²) in [5.74, 6) is 2.24. The van der Waals surface area contributed by atoms with Crippen LogP contribution in [0, 0.1) is 0 Å². The molecule has 3 aromatic heterocycles. The van der Waals surface area contributed by atoms with Crippen LogP contribution in [0.4, 0.5) is 5.82 Å². The molecule has 0 bridgehead atoms. The Labute approximate surface area is 210 Å². The monoisotopic (exact) mass is 513 g/mol. The zero-order valence-corrected chi connectivity index (χ0v) is 21.5. The van der Waals surface area contributed by atoms with E-state index in [1.807, 2.05) is 29.1 Å². The van der Waals surface area contributed by atoms with E-state index in [-0.39, 0.29) is 5.91 Å². The maximum absolute atomic E-state index is 12.4. The fraction of sp³-hybridized carbons (Fsp3) is 0.435. The molecule has 1 aliphatic heterocycles. The van der Waals surface area contributed by atoms with E-state index in [1.54, 1.807) is 23.1 Å². The van der Waals surface area contributed by atoms with Gasteiger partial charge in [0.25, 0.3) is 0 Å². The van der Waals surface area contributed by atoms with Crippen molar-refractivity contribution in [2.45, 2.75) is 42.2 Å². The van der Waals surface area contributed by atoms with E-state index in [2.05, 4.69) is 33.3 Å².